The maximum Gasteiger partial charge on any atom is 0.272 e. The molecule has 0 bridgehead atoms. The first-order valence-corrected chi connectivity index (χ1v) is 5.62. The third-order valence-electron chi connectivity index (χ3n) is 1.88. The van der Waals surface area contributed by atoms with Gasteiger partial charge in [-0.1, -0.05) is 17.9 Å². The largest absolute Gasteiger partial charge is 0.272 e. The summed E-state index contributed by atoms with van der Waals surface area (Å²) in [6, 6.07) is 4.94. The molecule has 0 heterocycles. The van der Waals surface area contributed by atoms with E-state index in [-0.39, 0.29) is 10.6 Å². The molecule has 0 spiro atoms. The first-order valence-electron chi connectivity index (χ1n) is 4.04. The van der Waals surface area contributed by atoms with E-state index in [0.29, 0.717) is 8.96 Å². The number of nitrogens with zero attached hydrogens (tertiary/aromatic N) is 1. The molecular formula is C10H7Br2NO2. The first-order chi connectivity index (χ1) is 7.02. The second-order valence-electron chi connectivity index (χ2n) is 2.80. The lowest BCUT2D eigenvalue weighted by molar-refractivity contribution is -0.385. The van der Waals surface area contributed by atoms with Crippen LogP contribution in [0.2, 0.25) is 0 Å². The lowest BCUT2D eigenvalue weighted by Gasteiger charge is -1.99. The Morgan fingerprint density at radius 3 is 2.73 bits per heavy atom. The molecule has 1 rings (SSSR count). The van der Waals surface area contributed by atoms with E-state index >= 15 is 0 Å². The molecule has 1 aromatic rings. The zero-order chi connectivity index (χ0) is 11.4. The molecule has 78 valence electrons. The third kappa shape index (κ3) is 3.30. The summed E-state index contributed by atoms with van der Waals surface area (Å²) in [5, 5.41) is 10.7. The molecule has 0 saturated heterocycles. The fraction of sp³-hybridized carbons (Fsp3) is 0.100. The molecule has 0 aliphatic carbocycles. The SMILES string of the molecule is Cc1c(C=C=C(Br)Br)cccc1[N+](=O)[O-]. The Morgan fingerprint density at radius 2 is 2.20 bits per heavy atom. The second-order valence-corrected chi connectivity index (χ2v) is 5.45. The topological polar surface area (TPSA) is 43.1 Å². The van der Waals surface area contributed by atoms with Crippen LogP contribution < -0.4 is 0 Å². The molecule has 0 fully saturated rings. The molecular weight excluding hydrogens is 326 g/mol. The van der Waals surface area contributed by atoms with E-state index in [2.05, 4.69) is 37.6 Å². The highest BCUT2D eigenvalue weighted by Gasteiger charge is 2.10. The zero-order valence-corrected chi connectivity index (χ0v) is 11.0. The van der Waals surface area contributed by atoms with Gasteiger partial charge in [0.15, 0.2) is 0 Å². The predicted octanol–water partition coefficient (Wildman–Crippen LogP) is 4.15. The maximum atomic E-state index is 10.7. The average Bonchev–Trinajstić information content (AvgIpc) is 2.15. The molecule has 0 unspecified atom stereocenters. The molecule has 15 heavy (non-hydrogen) atoms. The van der Waals surface area contributed by atoms with Crippen LogP contribution in [0.25, 0.3) is 6.08 Å². The van der Waals surface area contributed by atoms with Crippen LogP contribution in [0.4, 0.5) is 5.69 Å². The second kappa shape index (κ2) is 5.26. The summed E-state index contributed by atoms with van der Waals surface area (Å²) in [6.45, 7) is 1.72. The minimum atomic E-state index is -0.389. The normalized spacial score (nSPS) is 9.27. The predicted molar refractivity (Wildman–Crippen MR) is 67.2 cm³/mol. The van der Waals surface area contributed by atoms with Gasteiger partial charge in [0.05, 0.1) is 4.92 Å². The first kappa shape index (κ1) is 12.2. The van der Waals surface area contributed by atoms with E-state index < -0.39 is 0 Å². The molecule has 0 atom stereocenters. The third-order valence-corrected chi connectivity index (χ3v) is 2.34. The highest BCUT2D eigenvalue weighted by atomic mass is 79.9. The van der Waals surface area contributed by atoms with Gasteiger partial charge in [-0.15, -0.1) is 0 Å². The van der Waals surface area contributed by atoms with Gasteiger partial charge < -0.3 is 0 Å². The van der Waals surface area contributed by atoms with E-state index in [9.17, 15) is 10.1 Å². The lowest BCUT2D eigenvalue weighted by atomic mass is 10.1. The number of hydrogen-bond donors (Lipinski definition) is 0. The van der Waals surface area contributed by atoms with Crippen LogP contribution in [0.15, 0.2) is 27.3 Å². The van der Waals surface area contributed by atoms with Gasteiger partial charge in [0.1, 0.15) is 3.39 Å². The number of benzene rings is 1. The fourth-order valence-electron chi connectivity index (χ4n) is 1.13. The number of rotatable bonds is 2. The van der Waals surface area contributed by atoms with E-state index in [1.807, 2.05) is 0 Å². The fourth-order valence-corrected chi connectivity index (χ4v) is 1.36. The molecule has 0 aliphatic heterocycles. The highest BCUT2D eigenvalue weighted by Crippen LogP contribution is 2.22. The Hall–Kier alpha value is -0.900. The van der Waals surface area contributed by atoms with Crippen LogP contribution in [-0.4, -0.2) is 4.92 Å². The molecule has 0 N–H and O–H groups in total. The van der Waals surface area contributed by atoms with Gasteiger partial charge in [-0.25, -0.2) is 0 Å². The van der Waals surface area contributed by atoms with Crippen molar-refractivity contribution in [3.8, 4) is 0 Å². The Labute approximate surface area is 104 Å². The quantitative estimate of drug-likeness (QED) is 0.464. The monoisotopic (exact) mass is 331 g/mol. The van der Waals surface area contributed by atoms with Gasteiger partial charge in [-0.05, 0) is 50.4 Å². The van der Waals surface area contributed by atoms with Gasteiger partial charge >= 0.3 is 0 Å². The number of nitro groups is 1. The van der Waals surface area contributed by atoms with Crippen molar-refractivity contribution in [3.63, 3.8) is 0 Å². The maximum absolute atomic E-state index is 10.7. The van der Waals surface area contributed by atoms with Crippen LogP contribution in [-0.2, 0) is 0 Å². The minimum absolute atomic E-state index is 0.122. The molecule has 0 aromatic heterocycles. The molecule has 0 aliphatic rings. The van der Waals surface area contributed by atoms with Gasteiger partial charge in [0.2, 0.25) is 0 Å². The lowest BCUT2D eigenvalue weighted by Crippen LogP contribution is -1.92. The van der Waals surface area contributed by atoms with E-state index in [0.717, 1.165) is 5.56 Å². The smallest absolute Gasteiger partial charge is 0.258 e. The standard InChI is InChI=1S/C10H7Br2NO2/c1-7-8(5-6-10(11)12)3-2-4-9(7)13(14)15/h2-5H,1H3. The number of hydrogen-bond acceptors (Lipinski definition) is 2. The van der Waals surface area contributed by atoms with Crippen molar-refractivity contribution >= 4 is 43.6 Å². The molecule has 0 radical (unpaired) electrons. The number of halogens is 2. The Kier molecular flexibility index (Phi) is 4.27. The van der Waals surface area contributed by atoms with Crippen LogP contribution in [0.5, 0.6) is 0 Å². The molecule has 5 heteroatoms. The van der Waals surface area contributed by atoms with Crippen molar-refractivity contribution < 1.29 is 4.92 Å². The van der Waals surface area contributed by atoms with Gasteiger partial charge in [-0.2, -0.15) is 0 Å². The Balaban J connectivity index is 3.28. The number of nitro benzene ring substituents is 1. The Morgan fingerprint density at radius 1 is 1.53 bits per heavy atom. The summed E-state index contributed by atoms with van der Waals surface area (Å²) >= 11 is 6.32. The van der Waals surface area contributed by atoms with Crippen LogP contribution >= 0.6 is 31.9 Å². The van der Waals surface area contributed by atoms with Crippen molar-refractivity contribution in [1.82, 2.24) is 0 Å². The van der Waals surface area contributed by atoms with E-state index in [1.54, 1.807) is 25.1 Å². The highest BCUT2D eigenvalue weighted by molar-refractivity contribution is 9.28. The van der Waals surface area contributed by atoms with Crippen molar-refractivity contribution in [1.29, 1.82) is 0 Å². The van der Waals surface area contributed by atoms with Crippen LogP contribution in [0, 0.1) is 17.0 Å². The van der Waals surface area contributed by atoms with Crippen LogP contribution in [0.3, 0.4) is 0 Å². The van der Waals surface area contributed by atoms with Crippen LogP contribution in [0.1, 0.15) is 11.1 Å². The summed E-state index contributed by atoms with van der Waals surface area (Å²) < 4.78 is 0.668. The van der Waals surface area contributed by atoms with Crippen molar-refractivity contribution in [2.24, 2.45) is 0 Å². The molecule has 0 amide bonds. The molecule has 0 saturated carbocycles. The summed E-state index contributed by atoms with van der Waals surface area (Å²) in [7, 11) is 0. The summed E-state index contributed by atoms with van der Waals surface area (Å²) in [4.78, 5) is 10.3. The molecule has 1 aromatic carbocycles. The minimum Gasteiger partial charge on any atom is -0.258 e. The van der Waals surface area contributed by atoms with Crippen molar-refractivity contribution in [3.05, 3.63) is 48.6 Å². The van der Waals surface area contributed by atoms with Gasteiger partial charge in [0, 0.05) is 11.6 Å². The molecule has 3 nitrogen and oxygen atoms in total. The summed E-state index contributed by atoms with van der Waals surface area (Å²) in [5.74, 6) is 0. The van der Waals surface area contributed by atoms with Crippen molar-refractivity contribution in [2.45, 2.75) is 6.92 Å². The van der Waals surface area contributed by atoms with E-state index in [1.165, 1.54) is 6.07 Å². The van der Waals surface area contributed by atoms with E-state index in [4.69, 9.17) is 0 Å². The Bertz CT molecular complexity index is 458. The average molecular weight is 333 g/mol. The zero-order valence-electron chi connectivity index (χ0n) is 7.83. The van der Waals surface area contributed by atoms with Crippen molar-refractivity contribution in [2.75, 3.05) is 0 Å². The van der Waals surface area contributed by atoms with Gasteiger partial charge in [0.25, 0.3) is 5.69 Å². The summed E-state index contributed by atoms with van der Waals surface area (Å²) in [5.41, 5.74) is 4.41. The summed E-state index contributed by atoms with van der Waals surface area (Å²) in [6.07, 6.45) is 1.68. The van der Waals surface area contributed by atoms with Gasteiger partial charge in [-0.3, -0.25) is 10.1 Å².